The Morgan fingerprint density at radius 3 is 2.55 bits per heavy atom. The molecule has 4 N–H and O–H groups in total. The summed E-state index contributed by atoms with van der Waals surface area (Å²) < 4.78 is 69.4. The van der Waals surface area contributed by atoms with E-state index in [0.29, 0.717) is 46.6 Å². The summed E-state index contributed by atoms with van der Waals surface area (Å²) in [7, 11) is -1.67. The van der Waals surface area contributed by atoms with Crippen LogP contribution in [-0.2, 0) is 40.8 Å². The molecule has 0 amide bonds. The lowest BCUT2D eigenvalue weighted by Gasteiger charge is -2.43. The minimum atomic E-state index is -5.32. The molecule has 1 aliphatic heterocycles. The summed E-state index contributed by atoms with van der Waals surface area (Å²) >= 11 is 0. The molecule has 0 aliphatic carbocycles. The number of aryl methyl sites for hydroxylation is 3. The topological polar surface area (TPSA) is 144 Å². The second kappa shape index (κ2) is 13.7. The predicted molar refractivity (Wildman–Crippen MR) is 172 cm³/mol. The average Bonchev–Trinajstić information content (AvgIpc) is 3.34. The average molecular weight is 674 g/mol. The lowest BCUT2D eigenvalue weighted by Crippen LogP contribution is -2.30. The number of halogens is 3. The summed E-state index contributed by atoms with van der Waals surface area (Å²) in [4.78, 5) is 24.6. The van der Waals surface area contributed by atoms with Crippen molar-refractivity contribution in [3.05, 3.63) is 88.0 Å². The zero-order valence-electron chi connectivity index (χ0n) is 26.3. The van der Waals surface area contributed by atoms with Crippen LogP contribution in [0.4, 0.5) is 13.2 Å². The molecule has 14 heteroatoms. The number of benzene rings is 3. The van der Waals surface area contributed by atoms with Crippen molar-refractivity contribution in [3.63, 3.8) is 0 Å². The Balaban J connectivity index is 1.49. The fourth-order valence-electron chi connectivity index (χ4n) is 6.05. The molecule has 2 heterocycles. The number of esters is 2. The van der Waals surface area contributed by atoms with Gasteiger partial charge in [-0.25, -0.2) is 9.48 Å². The van der Waals surface area contributed by atoms with E-state index in [1.54, 1.807) is 46.4 Å². The molecule has 1 aliphatic rings. The molecule has 4 aromatic rings. The van der Waals surface area contributed by atoms with Crippen LogP contribution in [0.3, 0.4) is 0 Å². The molecule has 0 radical (unpaired) electrons. The number of hydrogen-bond donors (Lipinski definition) is 3. The van der Waals surface area contributed by atoms with E-state index in [1.165, 1.54) is 0 Å². The van der Waals surface area contributed by atoms with Crippen molar-refractivity contribution in [1.82, 2.24) is 19.3 Å². The van der Waals surface area contributed by atoms with Gasteiger partial charge in [0.2, 0.25) is 0 Å². The third-order valence-electron chi connectivity index (χ3n) is 8.50. The van der Waals surface area contributed by atoms with Crippen LogP contribution in [0, 0.1) is 12.8 Å². The first kappa shape index (κ1) is 34.5. The van der Waals surface area contributed by atoms with E-state index in [0.717, 1.165) is 35.1 Å². The van der Waals surface area contributed by atoms with Crippen LogP contribution >= 0.6 is 10.8 Å². The van der Waals surface area contributed by atoms with Crippen molar-refractivity contribution in [2.45, 2.75) is 63.1 Å². The fourth-order valence-corrected chi connectivity index (χ4v) is 7.85. The van der Waals surface area contributed by atoms with Crippen LogP contribution < -0.4 is 5.73 Å². The standard InChI is InChI=1S/C33H38F3N5O5S/c1-20-13-25-14-22(5-4-12-37)7-11-30(25)47(44,45)41(18-20)19-26-15-23(8-6-21(26)2)27(17-31(42)46-32(43)33(34,35)36)24-9-10-29-28(16-24)38-39-40(29)3/h6-11,14-16,20,27,44-45H,4-5,12-13,17-19,37H2,1-3H3. The van der Waals surface area contributed by atoms with E-state index in [2.05, 4.69) is 22.0 Å². The summed E-state index contributed by atoms with van der Waals surface area (Å²) in [6, 6.07) is 16.3. The normalized spacial score (nSPS) is 17.9. The summed E-state index contributed by atoms with van der Waals surface area (Å²) in [5.74, 6) is -4.63. The van der Waals surface area contributed by atoms with Gasteiger partial charge in [0, 0.05) is 26.1 Å². The molecule has 5 rings (SSSR count). The van der Waals surface area contributed by atoms with Crippen molar-refractivity contribution >= 4 is 33.7 Å². The molecule has 0 bridgehead atoms. The lowest BCUT2D eigenvalue weighted by molar-refractivity contribution is -0.201. The lowest BCUT2D eigenvalue weighted by atomic mass is 9.86. The van der Waals surface area contributed by atoms with Gasteiger partial charge in [0.1, 0.15) is 5.52 Å². The van der Waals surface area contributed by atoms with E-state index in [-0.39, 0.29) is 12.5 Å². The monoisotopic (exact) mass is 673 g/mol. The van der Waals surface area contributed by atoms with Crippen LogP contribution in [0.1, 0.15) is 59.1 Å². The third kappa shape index (κ3) is 7.68. The second-order valence-corrected chi connectivity index (χ2v) is 14.1. The van der Waals surface area contributed by atoms with Gasteiger partial charge >= 0.3 is 18.1 Å². The van der Waals surface area contributed by atoms with Crippen LogP contribution in [0.15, 0.2) is 59.5 Å². The molecule has 2 atom stereocenters. The quantitative estimate of drug-likeness (QED) is 0.143. The number of ether oxygens (including phenoxy) is 1. The molecular weight excluding hydrogens is 635 g/mol. The Labute approximate surface area is 272 Å². The van der Waals surface area contributed by atoms with Gasteiger partial charge in [-0.15, -0.1) is 15.9 Å². The van der Waals surface area contributed by atoms with Crippen molar-refractivity contribution in [3.8, 4) is 0 Å². The minimum Gasteiger partial charge on any atom is -0.386 e. The minimum absolute atomic E-state index is 0.100. The number of carbonyl (C=O) groups is 2. The molecule has 2 unspecified atom stereocenters. The molecule has 3 aromatic carbocycles. The number of aromatic nitrogens is 3. The Morgan fingerprint density at radius 1 is 1.11 bits per heavy atom. The zero-order valence-corrected chi connectivity index (χ0v) is 27.1. The van der Waals surface area contributed by atoms with Crippen LogP contribution in [-0.4, -0.2) is 59.6 Å². The molecule has 47 heavy (non-hydrogen) atoms. The van der Waals surface area contributed by atoms with E-state index >= 15 is 0 Å². The highest BCUT2D eigenvalue weighted by Crippen LogP contribution is 2.56. The SMILES string of the molecule is Cc1ccc(C(CC(=O)OC(=O)C(F)(F)F)c2ccc3c(c2)nnn3C)cc1CN1CC(C)Cc2cc(CCCN)ccc2S1(O)O. The molecule has 0 spiro atoms. The first-order valence-electron chi connectivity index (χ1n) is 15.2. The molecule has 10 nitrogen and oxygen atoms in total. The molecule has 1 aromatic heterocycles. The summed E-state index contributed by atoms with van der Waals surface area (Å²) in [5.41, 5.74) is 11.6. The second-order valence-electron chi connectivity index (χ2n) is 12.1. The first-order chi connectivity index (χ1) is 22.2. The van der Waals surface area contributed by atoms with Crippen molar-refractivity contribution in [2.75, 3.05) is 13.1 Å². The van der Waals surface area contributed by atoms with Crippen LogP contribution in [0.2, 0.25) is 0 Å². The number of nitrogens with zero attached hydrogens (tertiary/aromatic N) is 4. The van der Waals surface area contributed by atoms with Gasteiger partial charge in [-0.1, -0.05) is 48.5 Å². The van der Waals surface area contributed by atoms with Gasteiger partial charge in [0.15, 0.2) is 0 Å². The van der Waals surface area contributed by atoms with E-state index < -0.39 is 41.2 Å². The smallest absolute Gasteiger partial charge is 0.386 e. The molecule has 252 valence electrons. The highest BCUT2D eigenvalue weighted by molar-refractivity contribution is 8.22. The van der Waals surface area contributed by atoms with E-state index in [1.807, 2.05) is 31.2 Å². The summed E-state index contributed by atoms with van der Waals surface area (Å²) in [6.45, 7) is 5.06. The first-order valence-corrected chi connectivity index (χ1v) is 16.7. The molecule has 0 saturated carbocycles. The van der Waals surface area contributed by atoms with Crippen molar-refractivity contribution in [1.29, 1.82) is 0 Å². The maximum Gasteiger partial charge on any atom is 0.491 e. The van der Waals surface area contributed by atoms with Gasteiger partial charge in [0.05, 0.1) is 16.8 Å². The Hall–Kier alpha value is -3.82. The van der Waals surface area contributed by atoms with Gasteiger partial charge in [0.25, 0.3) is 0 Å². The Morgan fingerprint density at radius 2 is 1.83 bits per heavy atom. The number of carbonyl (C=O) groups excluding carboxylic acids is 2. The number of nitrogens with two attached hydrogens (primary N) is 1. The molecule has 0 saturated heterocycles. The van der Waals surface area contributed by atoms with Gasteiger partial charge in [-0.3, -0.25) is 13.9 Å². The maximum absolute atomic E-state index is 12.9. The Bertz CT molecular complexity index is 1790. The van der Waals surface area contributed by atoms with Crippen LogP contribution in [0.5, 0.6) is 0 Å². The van der Waals surface area contributed by atoms with Crippen LogP contribution in [0.25, 0.3) is 11.0 Å². The number of rotatable bonds is 9. The number of fused-ring (bicyclic) bond motifs is 2. The van der Waals surface area contributed by atoms with Gasteiger partial charge < -0.3 is 10.5 Å². The molecule has 0 fully saturated rings. The summed E-state index contributed by atoms with van der Waals surface area (Å²) in [5, 5.41) is 8.12. The van der Waals surface area contributed by atoms with Gasteiger partial charge in [-0.05, 0) is 90.2 Å². The Kier molecular flexibility index (Phi) is 10.1. The third-order valence-corrected chi connectivity index (χ3v) is 10.5. The maximum atomic E-state index is 12.9. The van der Waals surface area contributed by atoms with E-state index in [9.17, 15) is 31.9 Å². The van der Waals surface area contributed by atoms with Gasteiger partial charge in [-0.2, -0.15) is 17.5 Å². The fraction of sp³-hybridized carbons (Fsp3) is 0.394. The highest BCUT2D eigenvalue weighted by Gasteiger charge is 2.42. The zero-order chi connectivity index (χ0) is 34.1. The summed E-state index contributed by atoms with van der Waals surface area (Å²) in [6.07, 6.45) is -3.58. The number of alkyl halides is 3. The van der Waals surface area contributed by atoms with E-state index in [4.69, 9.17) is 5.73 Å². The molecular formula is C33H38F3N5O5S. The van der Waals surface area contributed by atoms with Crippen molar-refractivity contribution in [2.24, 2.45) is 18.7 Å². The highest BCUT2D eigenvalue weighted by atomic mass is 32.3. The number of hydrogen-bond acceptors (Lipinski definition) is 9. The largest absolute Gasteiger partial charge is 0.491 e. The predicted octanol–water partition coefficient (Wildman–Crippen LogP) is 6.04. The van der Waals surface area contributed by atoms with Crippen molar-refractivity contribution < 1.29 is 36.6 Å².